The maximum absolute atomic E-state index is 11.6. The number of H-pyrrole nitrogens is 2. The number of rotatable bonds is 1. The Morgan fingerprint density at radius 1 is 1.41 bits per heavy atom. The van der Waals surface area contributed by atoms with E-state index in [9.17, 15) is 9.90 Å². The molecule has 0 unspecified atom stereocenters. The Bertz CT molecular complexity index is 677. The quantitative estimate of drug-likeness (QED) is 0.665. The standard InChI is InChI=1S/C11H11N3O2S/c1-5-3-6(2)12-8(5)4-7-9(15)13-11(17)14-10(7)16/h3-4H,1-2H3,(H3,13,14,15,16,17)/b8-4-. The van der Waals surface area contributed by atoms with E-state index in [1.54, 1.807) is 0 Å². The Kier molecular flexibility index (Phi) is 2.81. The summed E-state index contributed by atoms with van der Waals surface area (Å²) in [6.45, 7) is 3.76. The summed E-state index contributed by atoms with van der Waals surface area (Å²) in [5.74, 6) is -0.251. The highest BCUT2D eigenvalue weighted by Gasteiger charge is 2.11. The zero-order valence-electron chi connectivity index (χ0n) is 9.37. The number of nitrogens with zero attached hydrogens (tertiary/aromatic N) is 1. The van der Waals surface area contributed by atoms with Crippen molar-refractivity contribution in [3.8, 4) is 5.88 Å². The van der Waals surface area contributed by atoms with Crippen LogP contribution >= 0.6 is 12.2 Å². The Hall–Kier alpha value is -1.95. The molecule has 1 aromatic heterocycles. The molecule has 0 aromatic carbocycles. The lowest BCUT2D eigenvalue weighted by Crippen LogP contribution is -2.11. The second kappa shape index (κ2) is 4.14. The predicted molar refractivity (Wildman–Crippen MR) is 68.8 cm³/mol. The Morgan fingerprint density at radius 2 is 2.12 bits per heavy atom. The van der Waals surface area contributed by atoms with E-state index in [2.05, 4.69) is 15.0 Å². The molecule has 1 aromatic rings. The number of aromatic hydroxyl groups is 1. The molecule has 0 amide bonds. The van der Waals surface area contributed by atoms with E-state index in [0.717, 1.165) is 11.3 Å². The van der Waals surface area contributed by atoms with Gasteiger partial charge < -0.3 is 10.1 Å². The fraction of sp³-hybridized carbons (Fsp3) is 0.182. The minimum Gasteiger partial charge on any atom is -0.494 e. The molecule has 0 spiro atoms. The average molecular weight is 249 g/mol. The highest BCUT2D eigenvalue weighted by Crippen LogP contribution is 2.22. The second-order valence-corrected chi connectivity index (χ2v) is 4.19. The Balaban J connectivity index is 2.59. The van der Waals surface area contributed by atoms with Gasteiger partial charge in [0.2, 0.25) is 5.88 Å². The van der Waals surface area contributed by atoms with E-state index in [-0.39, 0.29) is 16.2 Å². The molecule has 0 saturated carbocycles. The lowest BCUT2D eigenvalue weighted by Gasteiger charge is -2.00. The molecule has 0 fully saturated rings. The minimum atomic E-state index is -0.439. The first-order valence-electron chi connectivity index (χ1n) is 4.98. The second-order valence-electron chi connectivity index (χ2n) is 3.78. The molecular formula is C11H11N3O2S. The molecule has 1 aliphatic rings. The highest BCUT2D eigenvalue weighted by atomic mass is 32.1. The Labute approximate surface area is 102 Å². The van der Waals surface area contributed by atoms with Crippen LogP contribution in [0.5, 0.6) is 5.88 Å². The van der Waals surface area contributed by atoms with Gasteiger partial charge in [-0.25, -0.2) is 0 Å². The van der Waals surface area contributed by atoms with Crippen molar-refractivity contribution in [2.24, 2.45) is 4.99 Å². The van der Waals surface area contributed by atoms with E-state index in [0.29, 0.717) is 5.70 Å². The Morgan fingerprint density at radius 3 is 2.65 bits per heavy atom. The van der Waals surface area contributed by atoms with Gasteiger partial charge >= 0.3 is 0 Å². The number of aromatic amines is 2. The van der Waals surface area contributed by atoms with Crippen molar-refractivity contribution in [2.75, 3.05) is 0 Å². The molecule has 0 radical (unpaired) electrons. The van der Waals surface area contributed by atoms with Gasteiger partial charge in [0, 0.05) is 5.71 Å². The largest absolute Gasteiger partial charge is 0.494 e. The summed E-state index contributed by atoms with van der Waals surface area (Å²) in [5, 5.41) is 9.63. The maximum Gasteiger partial charge on any atom is 0.262 e. The van der Waals surface area contributed by atoms with Gasteiger partial charge in [-0.3, -0.25) is 14.8 Å². The molecule has 3 N–H and O–H groups in total. The van der Waals surface area contributed by atoms with Crippen LogP contribution in [0.2, 0.25) is 0 Å². The van der Waals surface area contributed by atoms with E-state index < -0.39 is 5.56 Å². The number of aromatic nitrogens is 2. The smallest absolute Gasteiger partial charge is 0.262 e. The van der Waals surface area contributed by atoms with Gasteiger partial charge in [-0.05, 0) is 43.8 Å². The fourth-order valence-corrected chi connectivity index (χ4v) is 1.79. The number of nitrogens with one attached hydrogen (secondary N) is 2. The summed E-state index contributed by atoms with van der Waals surface area (Å²) in [6, 6.07) is 0. The molecule has 2 rings (SSSR count). The molecular weight excluding hydrogens is 238 g/mol. The van der Waals surface area contributed by atoms with Crippen LogP contribution in [0, 0.1) is 4.77 Å². The third-order valence-electron chi connectivity index (χ3n) is 2.37. The van der Waals surface area contributed by atoms with Crippen molar-refractivity contribution in [3.05, 3.63) is 38.0 Å². The molecule has 88 valence electrons. The summed E-state index contributed by atoms with van der Waals surface area (Å²) in [7, 11) is 0. The van der Waals surface area contributed by atoms with Crippen LogP contribution in [0.1, 0.15) is 19.4 Å². The van der Waals surface area contributed by atoms with Crippen molar-refractivity contribution in [1.82, 2.24) is 9.97 Å². The zero-order valence-corrected chi connectivity index (χ0v) is 10.2. The van der Waals surface area contributed by atoms with Crippen LogP contribution in [0.25, 0.3) is 6.08 Å². The van der Waals surface area contributed by atoms with Crippen molar-refractivity contribution < 1.29 is 5.11 Å². The van der Waals surface area contributed by atoms with E-state index >= 15 is 0 Å². The minimum absolute atomic E-state index is 0.0908. The van der Waals surface area contributed by atoms with Crippen LogP contribution in [0.4, 0.5) is 0 Å². The number of allylic oxidation sites excluding steroid dienone is 2. The predicted octanol–water partition coefficient (Wildman–Crippen LogP) is 1.90. The van der Waals surface area contributed by atoms with Gasteiger partial charge in [0.25, 0.3) is 5.56 Å². The maximum atomic E-state index is 11.6. The van der Waals surface area contributed by atoms with Crippen LogP contribution in [-0.4, -0.2) is 20.8 Å². The van der Waals surface area contributed by atoms with Gasteiger partial charge in [0.1, 0.15) is 5.56 Å². The fourth-order valence-electron chi connectivity index (χ4n) is 1.60. The average Bonchev–Trinajstić information content (AvgIpc) is 2.51. The molecule has 17 heavy (non-hydrogen) atoms. The van der Waals surface area contributed by atoms with Crippen molar-refractivity contribution in [1.29, 1.82) is 0 Å². The lowest BCUT2D eigenvalue weighted by molar-refractivity contribution is 0.448. The van der Waals surface area contributed by atoms with Gasteiger partial charge in [0.15, 0.2) is 4.77 Å². The van der Waals surface area contributed by atoms with E-state index in [4.69, 9.17) is 12.2 Å². The molecule has 0 bridgehead atoms. The van der Waals surface area contributed by atoms with E-state index in [1.165, 1.54) is 6.08 Å². The summed E-state index contributed by atoms with van der Waals surface area (Å²) >= 11 is 4.74. The zero-order chi connectivity index (χ0) is 12.6. The third-order valence-corrected chi connectivity index (χ3v) is 2.57. The molecule has 0 saturated heterocycles. The van der Waals surface area contributed by atoms with Crippen LogP contribution < -0.4 is 5.56 Å². The first-order valence-corrected chi connectivity index (χ1v) is 5.39. The summed E-state index contributed by atoms with van der Waals surface area (Å²) in [5.41, 5.74) is 2.16. The molecule has 1 aliphatic heterocycles. The van der Waals surface area contributed by atoms with Gasteiger partial charge in [0.05, 0.1) is 5.70 Å². The third kappa shape index (κ3) is 2.26. The highest BCUT2D eigenvalue weighted by molar-refractivity contribution is 7.71. The molecule has 5 nitrogen and oxygen atoms in total. The summed E-state index contributed by atoms with van der Waals surface area (Å²) in [6.07, 6.45) is 3.43. The molecule has 0 atom stereocenters. The number of aliphatic imine (C=N–C) groups is 1. The first-order chi connectivity index (χ1) is 7.97. The van der Waals surface area contributed by atoms with Crippen LogP contribution in [0.3, 0.4) is 0 Å². The van der Waals surface area contributed by atoms with Gasteiger partial charge in [-0.2, -0.15) is 0 Å². The SMILES string of the molecule is CC1=CC(C)=N/C1=C\c1c(O)[nH]c(=S)[nH]c1=O. The monoisotopic (exact) mass is 249 g/mol. The summed E-state index contributed by atoms with van der Waals surface area (Å²) < 4.78 is 0.0908. The van der Waals surface area contributed by atoms with E-state index in [1.807, 2.05) is 19.9 Å². The number of hydrogen-bond donors (Lipinski definition) is 3. The van der Waals surface area contributed by atoms with Crippen molar-refractivity contribution >= 4 is 24.0 Å². The van der Waals surface area contributed by atoms with Crippen LogP contribution in [-0.2, 0) is 0 Å². The van der Waals surface area contributed by atoms with Gasteiger partial charge in [-0.15, -0.1) is 0 Å². The molecule has 0 aliphatic carbocycles. The normalized spacial score (nSPS) is 17.2. The van der Waals surface area contributed by atoms with Crippen LogP contribution in [0.15, 0.2) is 27.1 Å². The first kappa shape index (κ1) is 11.5. The molecule has 6 heteroatoms. The van der Waals surface area contributed by atoms with Crippen molar-refractivity contribution in [3.63, 3.8) is 0 Å². The van der Waals surface area contributed by atoms with Gasteiger partial charge in [-0.1, -0.05) is 0 Å². The lowest BCUT2D eigenvalue weighted by atomic mass is 10.2. The topological polar surface area (TPSA) is 81.2 Å². The number of hydrogen-bond acceptors (Lipinski definition) is 4. The molecule has 2 heterocycles. The van der Waals surface area contributed by atoms with Crippen molar-refractivity contribution in [2.45, 2.75) is 13.8 Å². The summed E-state index contributed by atoms with van der Waals surface area (Å²) in [4.78, 5) is 20.8.